The van der Waals surface area contributed by atoms with Crippen molar-refractivity contribution < 1.29 is 19.1 Å². The first-order valence-electron chi connectivity index (χ1n) is 12.6. The largest absolute Gasteiger partial charge is 0.503 e. The van der Waals surface area contributed by atoms with Gasteiger partial charge in [-0.2, -0.15) is 0 Å². The van der Waals surface area contributed by atoms with Gasteiger partial charge in [-0.1, -0.05) is 68.3 Å². The first-order valence-corrected chi connectivity index (χ1v) is 13.0. The molecule has 1 atom stereocenters. The summed E-state index contributed by atoms with van der Waals surface area (Å²) in [7, 11) is 0. The molecule has 1 aliphatic heterocycles. The molecule has 1 amide bonds. The lowest BCUT2D eigenvalue weighted by molar-refractivity contribution is -0.117. The van der Waals surface area contributed by atoms with Crippen molar-refractivity contribution >= 4 is 39.9 Å². The van der Waals surface area contributed by atoms with Crippen LogP contribution in [0.2, 0.25) is 5.02 Å². The Morgan fingerprint density at radius 3 is 2.35 bits per heavy atom. The fourth-order valence-corrected chi connectivity index (χ4v) is 5.00. The molecule has 0 aliphatic carbocycles. The van der Waals surface area contributed by atoms with Crippen molar-refractivity contribution in [1.82, 2.24) is 0 Å². The summed E-state index contributed by atoms with van der Waals surface area (Å²) in [6, 6.07) is 21.4. The predicted octanol–water partition coefficient (Wildman–Crippen LogP) is 7.77. The Morgan fingerprint density at radius 2 is 1.68 bits per heavy atom. The Bertz CT molecular complexity index is 1500. The number of fused-ring (bicyclic) bond motifs is 1. The number of carbonyl (C=O) groups excluding carboxylic acids is 2. The summed E-state index contributed by atoms with van der Waals surface area (Å²) in [5.41, 5.74) is 4.15. The molecule has 1 N–H and O–H groups in total. The van der Waals surface area contributed by atoms with Crippen molar-refractivity contribution in [2.75, 3.05) is 4.90 Å². The Balaban J connectivity index is 1.59. The van der Waals surface area contributed by atoms with E-state index in [0.29, 0.717) is 21.7 Å². The Morgan fingerprint density at radius 1 is 0.973 bits per heavy atom. The molecule has 0 fully saturated rings. The molecule has 0 saturated heterocycles. The molecule has 0 saturated carbocycles. The Hall–Kier alpha value is -3.83. The Kier molecular flexibility index (Phi) is 6.90. The molecular formula is C31H28ClNO4. The third-order valence-corrected chi connectivity index (χ3v) is 7.13. The fraction of sp³-hybridized carbons (Fsp3) is 0.226. The van der Waals surface area contributed by atoms with Crippen molar-refractivity contribution in [3.63, 3.8) is 0 Å². The highest BCUT2D eigenvalue weighted by molar-refractivity contribution is 6.31. The monoisotopic (exact) mass is 513 g/mol. The van der Waals surface area contributed by atoms with Crippen molar-refractivity contribution in [2.24, 2.45) is 0 Å². The number of aliphatic hydroxyl groups excluding tert-OH is 1. The van der Waals surface area contributed by atoms with E-state index in [0.717, 1.165) is 36.8 Å². The van der Waals surface area contributed by atoms with Crippen LogP contribution in [-0.4, -0.2) is 16.8 Å². The molecule has 0 spiro atoms. The van der Waals surface area contributed by atoms with Crippen LogP contribution in [0.1, 0.15) is 60.0 Å². The second-order valence-corrected chi connectivity index (χ2v) is 9.76. The number of anilines is 1. The number of amides is 1. The third-order valence-electron chi connectivity index (χ3n) is 6.89. The summed E-state index contributed by atoms with van der Waals surface area (Å²) in [6.45, 7) is 4.21. The second-order valence-electron chi connectivity index (χ2n) is 9.33. The quantitative estimate of drug-likeness (QED) is 0.244. The van der Waals surface area contributed by atoms with Gasteiger partial charge in [0.2, 0.25) is 5.78 Å². The fourth-order valence-electron chi connectivity index (χ4n) is 4.82. The zero-order chi connectivity index (χ0) is 26.1. The number of furan rings is 1. The van der Waals surface area contributed by atoms with Crippen molar-refractivity contribution in [3.8, 4) is 0 Å². The average molecular weight is 514 g/mol. The number of unbranched alkanes of at least 4 members (excludes halogenated alkanes) is 1. The summed E-state index contributed by atoms with van der Waals surface area (Å²) in [5, 5.41) is 12.2. The van der Waals surface area contributed by atoms with Gasteiger partial charge in [0.05, 0.1) is 11.6 Å². The number of ketones is 1. The molecule has 5 rings (SSSR count). The van der Waals surface area contributed by atoms with Gasteiger partial charge in [-0.3, -0.25) is 14.5 Å². The van der Waals surface area contributed by atoms with Gasteiger partial charge in [0.15, 0.2) is 11.5 Å². The minimum absolute atomic E-state index is 0.00513. The van der Waals surface area contributed by atoms with Crippen LogP contribution in [0.25, 0.3) is 11.0 Å². The first kappa shape index (κ1) is 24.8. The lowest BCUT2D eigenvalue weighted by atomic mass is 9.93. The lowest BCUT2D eigenvalue weighted by Gasteiger charge is -2.27. The van der Waals surface area contributed by atoms with E-state index in [-0.39, 0.29) is 11.3 Å². The Labute approximate surface area is 221 Å². The van der Waals surface area contributed by atoms with Crippen LogP contribution in [0.4, 0.5) is 5.69 Å². The smallest absolute Gasteiger partial charge is 0.294 e. The summed E-state index contributed by atoms with van der Waals surface area (Å²) in [6.07, 6.45) is 3.99. The number of benzene rings is 3. The number of halogens is 1. The van der Waals surface area contributed by atoms with E-state index >= 15 is 0 Å². The van der Waals surface area contributed by atoms with Gasteiger partial charge < -0.3 is 9.52 Å². The van der Waals surface area contributed by atoms with Crippen LogP contribution in [-0.2, 0) is 17.6 Å². The van der Waals surface area contributed by atoms with E-state index in [1.54, 1.807) is 24.3 Å². The number of nitrogens with zero attached hydrogens (tertiary/aromatic N) is 1. The highest BCUT2D eigenvalue weighted by atomic mass is 35.5. The van der Waals surface area contributed by atoms with Crippen LogP contribution in [0.5, 0.6) is 0 Å². The number of Topliss-reactive ketones (excluding diaryl/α,β-unsaturated/α-hetero) is 1. The second kappa shape index (κ2) is 10.3. The van der Waals surface area contributed by atoms with Crippen molar-refractivity contribution in [3.05, 3.63) is 112 Å². The average Bonchev–Trinajstić information content (AvgIpc) is 3.45. The lowest BCUT2D eigenvalue weighted by Crippen LogP contribution is -2.31. The molecule has 5 nitrogen and oxygen atoms in total. The molecular weight excluding hydrogens is 486 g/mol. The third kappa shape index (κ3) is 4.67. The van der Waals surface area contributed by atoms with Gasteiger partial charge in [-0.05, 0) is 72.4 Å². The van der Waals surface area contributed by atoms with Crippen LogP contribution in [0.3, 0.4) is 0 Å². The summed E-state index contributed by atoms with van der Waals surface area (Å²) in [4.78, 5) is 28.7. The van der Waals surface area contributed by atoms with Crippen molar-refractivity contribution in [1.29, 1.82) is 0 Å². The van der Waals surface area contributed by atoms with Gasteiger partial charge in [0.1, 0.15) is 5.58 Å². The maximum atomic E-state index is 13.8. The summed E-state index contributed by atoms with van der Waals surface area (Å²) >= 11 is 6.10. The van der Waals surface area contributed by atoms with E-state index in [9.17, 15) is 14.7 Å². The maximum absolute atomic E-state index is 13.8. The number of carbonyl (C=O) groups is 2. The minimum atomic E-state index is -0.802. The van der Waals surface area contributed by atoms with Crippen LogP contribution in [0, 0.1) is 0 Å². The highest BCUT2D eigenvalue weighted by Crippen LogP contribution is 2.42. The highest BCUT2D eigenvalue weighted by Gasteiger charge is 2.45. The van der Waals surface area contributed by atoms with E-state index in [1.807, 2.05) is 48.5 Å². The normalized spacial score (nSPS) is 15.7. The molecule has 0 bridgehead atoms. The minimum Gasteiger partial charge on any atom is -0.503 e. The van der Waals surface area contributed by atoms with E-state index in [4.69, 9.17) is 16.0 Å². The van der Waals surface area contributed by atoms with Gasteiger partial charge in [0, 0.05) is 16.1 Å². The summed E-state index contributed by atoms with van der Waals surface area (Å²) < 4.78 is 5.81. The van der Waals surface area contributed by atoms with Gasteiger partial charge in [-0.15, -0.1) is 0 Å². The van der Waals surface area contributed by atoms with E-state index < -0.39 is 23.5 Å². The molecule has 3 aromatic carbocycles. The number of aryl methyl sites for hydroxylation is 2. The standard InChI is InChI=1S/C31H28ClNO4/c1-3-5-6-20-9-14-24(15-10-20)33-28(21-11-7-19(4-2)8-12-21)27(30(35)31(33)36)29(34)26-18-22-17-23(32)13-16-25(22)37-26/h7-18,28,35H,3-6H2,1-2H3. The van der Waals surface area contributed by atoms with E-state index in [1.165, 1.54) is 10.5 Å². The zero-order valence-electron chi connectivity index (χ0n) is 20.8. The molecule has 37 heavy (non-hydrogen) atoms. The van der Waals surface area contributed by atoms with Crippen LogP contribution < -0.4 is 4.90 Å². The molecule has 6 heteroatoms. The molecule has 188 valence electrons. The molecule has 1 unspecified atom stereocenters. The first-order chi connectivity index (χ1) is 17.9. The zero-order valence-corrected chi connectivity index (χ0v) is 21.6. The van der Waals surface area contributed by atoms with Crippen LogP contribution >= 0.6 is 11.6 Å². The number of hydrogen-bond donors (Lipinski definition) is 1. The SMILES string of the molecule is CCCCc1ccc(N2C(=O)C(O)=C(C(=O)c3cc4cc(Cl)ccc4o3)C2c2ccc(CC)cc2)cc1. The van der Waals surface area contributed by atoms with Gasteiger partial charge in [0.25, 0.3) is 5.91 Å². The summed E-state index contributed by atoms with van der Waals surface area (Å²) in [5.74, 6) is -1.68. The van der Waals surface area contributed by atoms with Gasteiger partial charge >= 0.3 is 0 Å². The molecule has 0 radical (unpaired) electrons. The molecule has 2 heterocycles. The molecule has 1 aromatic heterocycles. The molecule has 1 aliphatic rings. The number of hydrogen-bond acceptors (Lipinski definition) is 4. The molecule has 4 aromatic rings. The number of rotatable bonds is 8. The van der Waals surface area contributed by atoms with Crippen LogP contribution in [0.15, 0.2) is 88.5 Å². The predicted molar refractivity (Wildman–Crippen MR) is 146 cm³/mol. The van der Waals surface area contributed by atoms with Gasteiger partial charge in [-0.25, -0.2) is 0 Å². The number of aliphatic hydroxyl groups is 1. The van der Waals surface area contributed by atoms with Crippen molar-refractivity contribution in [2.45, 2.75) is 45.6 Å². The van der Waals surface area contributed by atoms with E-state index in [2.05, 4.69) is 13.8 Å². The maximum Gasteiger partial charge on any atom is 0.294 e. The topological polar surface area (TPSA) is 70.8 Å².